The summed E-state index contributed by atoms with van der Waals surface area (Å²) in [4.78, 5) is 16.5. The molecule has 0 aliphatic carbocycles. The number of hydrogen-bond donors (Lipinski definition) is 1. The zero-order valence-electron chi connectivity index (χ0n) is 12.9. The van der Waals surface area contributed by atoms with Crippen molar-refractivity contribution < 1.29 is 4.92 Å². The van der Waals surface area contributed by atoms with Crippen LogP contribution in [0.1, 0.15) is 17.0 Å². The van der Waals surface area contributed by atoms with Crippen LogP contribution in [-0.4, -0.2) is 27.9 Å². The normalized spacial score (nSPS) is 19.1. The number of nitrogens with zero attached hydrogens (tertiary/aromatic N) is 3. The Morgan fingerprint density at radius 2 is 2.12 bits per heavy atom. The van der Waals surface area contributed by atoms with Gasteiger partial charge in [0, 0.05) is 31.7 Å². The van der Waals surface area contributed by atoms with Gasteiger partial charge in [-0.1, -0.05) is 48.0 Å². The van der Waals surface area contributed by atoms with Crippen LogP contribution in [0.25, 0.3) is 0 Å². The lowest BCUT2D eigenvalue weighted by molar-refractivity contribution is -0.405. The summed E-state index contributed by atoms with van der Waals surface area (Å²) in [6, 6.07) is 13.8. The van der Waals surface area contributed by atoms with E-state index in [-0.39, 0.29) is 5.92 Å². The molecule has 1 unspecified atom stereocenters. The molecule has 1 atom stereocenters. The van der Waals surface area contributed by atoms with Gasteiger partial charge in [-0.05, 0) is 17.2 Å². The Balaban J connectivity index is 1.81. The van der Waals surface area contributed by atoms with Crippen LogP contribution >= 0.6 is 11.6 Å². The molecule has 1 aliphatic rings. The van der Waals surface area contributed by atoms with Crippen LogP contribution in [0.15, 0.2) is 60.7 Å². The third-order valence-electron chi connectivity index (χ3n) is 3.97. The molecular formula is C17H17ClN4O2. The highest BCUT2D eigenvalue weighted by Gasteiger charge is 2.26. The predicted molar refractivity (Wildman–Crippen MR) is 91.9 cm³/mol. The number of nitro groups is 1. The Bertz CT molecular complexity index is 734. The molecule has 7 heteroatoms. The second-order valence-corrected chi connectivity index (χ2v) is 6.05. The fourth-order valence-corrected chi connectivity index (χ4v) is 2.93. The summed E-state index contributed by atoms with van der Waals surface area (Å²) < 4.78 is 0. The first kappa shape index (κ1) is 16.3. The number of pyridine rings is 1. The van der Waals surface area contributed by atoms with Gasteiger partial charge in [-0.15, -0.1) is 0 Å². The van der Waals surface area contributed by atoms with E-state index in [4.69, 9.17) is 11.6 Å². The number of hydrogen-bond acceptors (Lipinski definition) is 5. The summed E-state index contributed by atoms with van der Waals surface area (Å²) in [5, 5.41) is 14.5. The monoisotopic (exact) mass is 344 g/mol. The Hall–Kier alpha value is -2.60. The highest BCUT2D eigenvalue weighted by atomic mass is 35.5. The van der Waals surface area contributed by atoms with Crippen molar-refractivity contribution in [2.75, 3.05) is 13.1 Å². The molecular weight excluding hydrogens is 328 g/mol. The number of nitrogens with one attached hydrogen (secondary N) is 1. The van der Waals surface area contributed by atoms with Crippen LogP contribution in [-0.2, 0) is 6.54 Å². The van der Waals surface area contributed by atoms with E-state index in [1.54, 1.807) is 12.3 Å². The molecule has 0 saturated carbocycles. The molecule has 0 radical (unpaired) electrons. The van der Waals surface area contributed by atoms with Gasteiger partial charge in [-0.25, -0.2) is 4.98 Å². The topological polar surface area (TPSA) is 71.3 Å². The fraction of sp³-hybridized carbons (Fsp3) is 0.235. The third-order valence-corrected chi connectivity index (χ3v) is 4.20. The van der Waals surface area contributed by atoms with E-state index in [0.717, 1.165) is 11.8 Å². The van der Waals surface area contributed by atoms with E-state index in [9.17, 15) is 10.1 Å². The minimum atomic E-state index is -0.432. The van der Waals surface area contributed by atoms with Crippen LogP contribution in [0, 0.1) is 10.1 Å². The molecule has 124 valence electrons. The van der Waals surface area contributed by atoms with E-state index in [2.05, 4.69) is 22.4 Å². The van der Waals surface area contributed by atoms with Crippen molar-refractivity contribution in [1.82, 2.24) is 15.2 Å². The molecule has 1 saturated heterocycles. The maximum Gasteiger partial charge on any atom is 0.274 e. The van der Waals surface area contributed by atoms with Crippen molar-refractivity contribution in [2.24, 2.45) is 0 Å². The average molecular weight is 345 g/mol. The maximum absolute atomic E-state index is 10.9. The van der Waals surface area contributed by atoms with Crippen LogP contribution < -0.4 is 5.32 Å². The van der Waals surface area contributed by atoms with E-state index in [1.807, 2.05) is 29.2 Å². The molecule has 3 rings (SSSR count). The van der Waals surface area contributed by atoms with E-state index in [1.165, 1.54) is 5.56 Å². The number of halogens is 1. The standard InChI is InChI=1S/C17H17ClN4O2/c18-16-7-6-13(8-19-16)10-21-11-15(14-4-2-1-3-5-14)9-20-17(21)12-22(23)24/h1-8,12,15,20H,9-11H2/b17-12+. The second-order valence-electron chi connectivity index (χ2n) is 5.66. The van der Waals surface area contributed by atoms with Gasteiger partial charge < -0.3 is 10.2 Å². The quantitative estimate of drug-likeness (QED) is 0.524. The molecule has 1 aliphatic heterocycles. The smallest absolute Gasteiger partial charge is 0.274 e. The maximum atomic E-state index is 10.9. The summed E-state index contributed by atoms with van der Waals surface area (Å²) in [7, 11) is 0. The Labute approximate surface area is 144 Å². The highest BCUT2D eigenvalue weighted by Crippen LogP contribution is 2.24. The Morgan fingerprint density at radius 3 is 2.79 bits per heavy atom. The minimum absolute atomic E-state index is 0.260. The summed E-state index contributed by atoms with van der Waals surface area (Å²) in [5.41, 5.74) is 2.16. The lowest BCUT2D eigenvalue weighted by Gasteiger charge is -2.36. The first-order chi connectivity index (χ1) is 11.6. The van der Waals surface area contributed by atoms with E-state index >= 15 is 0 Å². The molecule has 6 nitrogen and oxygen atoms in total. The van der Waals surface area contributed by atoms with Crippen molar-refractivity contribution in [1.29, 1.82) is 0 Å². The summed E-state index contributed by atoms with van der Waals surface area (Å²) in [6.45, 7) is 1.89. The Morgan fingerprint density at radius 1 is 1.33 bits per heavy atom. The molecule has 2 aromatic rings. The van der Waals surface area contributed by atoms with Crippen molar-refractivity contribution in [3.8, 4) is 0 Å². The molecule has 1 fully saturated rings. The van der Waals surface area contributed by atoms with Crippen molar-refractivity contribution >= 4 is 11.6 Å². The largest absolute Gasteiger partial charge is 0.366 e. The van der Waals surface area contributed by atoms with Gasteiger partial charge in [0.1, 0.15) is 5.15 Å². The SMILES string of the molecule is O=[N+]([O-])/C=C1\NCC(c2ccccc2)CN1Cc1ccc(Cl)nc1. The highest BCUT2D eigenvalue weighted by molar-refractivity contribution is 6.29. The van der Waals surface area contributed by atoms with Crippen molar-refractivity contribution in [3.05, 3.63) is 87.1 Å². The second kappa shape index (κ2) is 7.31. The fourth-order valence-electron chi connectivity index (χ4n) is 2.81. The van der Waals surface area contributed by atoms with Gasteiger partial charge in [0.15, 0.2) is 5.82 Å². The molecule has 0 spiro atoms. The van der Waals surface area contributed by atoms with Gasteiger partial charge in [-0.3, -0.25) is 10.1 Å². The number of aromatic nitrogens is 1. The molecule has 1 aromatic carbocycles. The molecule has 1 aromatic heterocycles. The molecule has 24 heavy (non-hydrogen) atoms. The average Bonchev–Trinajstić information content (AvgIpc) is 2.59. The van der Waals surface area contributed by atoms with Gasteiger partial charge in [-0.2, -0.15) is 0 Å². The van der Waals surface area contributed by atoms with Gasteiger partial charge in [0.05, 0.1) is 4.92 Å². The Kier molecular flexibility index (Phi) is 4.96. The number of benzene rings is 1. The van der Waals surface area contributed by atoms with Crippen molar-refractivity contribution in [2.45, 2.75) is 12.5 Å². The summed E-state index contributed by atoms with van der Waals surface area (Å²) >= 11 is 5.82. The van der Waals surface area contributed by atoms with E-state index in [0.29, 0.717) is 30.6 Å². The number of rotatable bonds is 4. The first-order valence-corrected chi connectivity index (χ1v) is 7.99. The first-order valence-electron chi connectivity index (χ1n) is 7.61. The zero-order valence-corrected chi connectivity index (χ0v) is 13.7. The van der Waals surface area contributed by atoms with Crippen LogP contribution in [0.2, 0.25) is 5.15 Å². The molecule has 0 amide bonds. The third kappa shape index (κ3) is 4.02. The van der Waals surface area contributed by atoms with Gasteiger partial charge >= 0.3 is 0 Å². The van der Waals surface area contributed by atoms with Crippen LogP contribution in [0.4, 0.5) is 0 Å². The molecule has 0 bridgehead atoms. The molecule has 1 N–H and O–H groups in total. The lowest BCUT2D eigenvalue weighted by atomic mass is 9.96. The van der Waals surface area contributed by atoms with Gasteiger partial charge in [0.25, 0.3) is 6.20 Å². The minimum Gasteiger partial charge on any atom is -0.366 e. The van der Waals surface area contributed by atoms with Crippen LogP contribution in [0.5, 0.6) is 0 Å². The van der Waals surface area contributed by atoms with Crippen molar-refractivity contribution in [3.63, 3.8) is 0 Å². The zero-order chi connectivity index (χ0) is 16.9. The lowest BCUT2D eigenvalue weighted by Crippen LogP contribution is -2.44. The molecule has 2 heterocycles. The van der Waals surface area contributed by atoms with Gasteiger partial charge in [0.2, 0.25) is 0 Å². The van der Waals surface area contributed by atoms with Crippen LogP contribution in [0.3, 0.4) is 0 Å². The predicted octanol–water partition coefficient (Wildman–Crippen LogP) is 3.00. The summed E-state index contributed by atoms with van der Waals surface area (Å²) in [6.07, 6.45) is 2.71. The summed E-state index contributed by atoms with van der Waals surface area (Å²) in [5.74, 6) is 0.775. The van der Waals surface area contributed by atoms with E-state index < -0.39 is 4.92 Å².